The van der Waals surface area contributed by atoms with Crippen molar-refractivity contribution in [2.75, 3.05) is 19.6 Å². The number of aryl methyl sites for hydroxylation is 1. The number of aromatic nitrogens is 3. The summed E-state index contributed by atoms with van der Waals surface area (Å²) in [6, 6.07) is 3.83. The van der Waals surface area contributed by atoms with Gasteiger partial charge in [-0.15, -0.1) is 11.3 Å². The van der Waals surface area contributed by atoms with Crippen molar-refractivity contribution in [2.45, 2.75) is 52.1 Å². The number of thiazole rings is 1. The van der Waals surface area contributed by atoms with Crippen LogP contribution in [-0.4, -0.2) is 62.5 Å². The van der Waals surface area contributed by atoms with Gasteiger partial charge in [0, 0.05) is 54.2 Å². The molecule has 2 amide bonds. The topological polar surface area (TPSA) is 104 Å². The summed E-state index contributed by atoms with van der Waals surface area (Å²) in [4.78, 5) is 34.6. The molecule has 0 spiro atoms. The Morgan fingerprint density at radius 3 is 2.81 bits per heavy atom. The second-order valence-corrected chi connectivity index (χ2v) is 11.3. The van der Waals surface area contributed by atoms with Gasteiger partial charge in [-0.05, 0) is 59.2 Å². The smallest absolute Gasteiger partial charge is 0.260 e. The van der Waals surface area contributed by atoms with E-state index in [0.717, 1.165) is 34.1 Å². The van der Waals surface area contributed by atoms with Crippen molar-refractivity contribution in [3.8, 4) is 10.4 Å². The number of nitrogens with zero attached hydrogens (tertiary/aromatic N) is 4. The van der Waals surface area contributed by atoms with Crippen molar-refractivity contribution in [1.29, 1.82) is 0 Å². The Morgan fingerprint density at radius 2 is 2.08 bits per heavy atom. The first-order chi connectivity index (χ1) is 17.7. The highest BCUT2D eigenvalue weighted by Gasteiger charge is 2.31. The molecular weight excluding hydrogens is 486 g/mol. The first kappa shape index (κ1) is 25.2. The number of hydrogen-bond donors (Lipinski definition) is 3. The lowest BCUT2D eigenvalue weighted by molar-refractivity contribution is -0.117. The van der Waals surface area contributed by atoms with Crippen molar-refractivity contribution in [3.63, 3.8) is 0 Å². The summed E-state index contributed by atoms with van der Waals surface area (Å²) in [6.45, 7) is 10.9. The minimum atomic E-state index is -0.261. The third-order valence-corrected chi connectivity index (χ3v) is 8.32. The lowest BCUT2D eigenvalue weighted by atomic mass is 10.0. The van der Waals surface area contributed by atoms with Gasteiger partial charge in [0.1, 0.15) is 4.83 Å². The molecule has 5 rings (SSSR count). The Kier molecular flexibility index (Phi) is 6.87. The van der Waals surface area contributed by atoms with Gasteiger partial charge in [-0.1, -0.05) is 6.07 Å². The number of rotatable bonds is 7. The predicted molar refractivity (Wildman–Crippen MR) is 145 cm³/mol. The van der Waals surface area contributed by atoms with Crippen LogP contribution in [0.1, 0.15) is 49.7 Å². The van der Waals surface area contributed by atoms with Crippen LogP contribution in [0.2, 0.25) is 0 Å². The lowest BCUT2D eigenvalue weighted by Gasteiger charge is -2.31. The van der Waals surface area contributed by atoms with Gasteiger partial charge in [0.2, 0.25) is 0 Å². The zero-order valence-electron chi connectivity index (χ0n) is 21.7. The molecule has 37 heavy (non-hydrogen) atoms. The first-order valence-electron chi connectivity index (χ1n) is 12.6. The van der Waals surface area contributed by atoms with Crippen molar-refractivity contribution in [3.05, 3.63) is 65.5 Å². The highest BCUT2D eigenvalue weighted by Crippen LogP contribution is 2.30. The van der Waals surface area contributed by atoms with Crippen molar-refractivity contribution >= 4 is 28.0 Å². The third-order valence-electron chi connectivity index (χ3n) is 7.16. The van der Waals surface area contributed by atoms with E-state index in [0.29, 0.717) is 23.4 Å². The second-order valence-electron chi connectivity index (χ2n) is 10.3. The number of amides is 2. The lowest BCUT2D eigenvalue weighted by Crippen LogP contribution is -2.43. The Bertz CT molecular complexity index is 1380. The number of carbonyl (C=O) groups excluding carboxylic acids is 2. The minimum Gasteiger partial charge on any atom is -0.382 e. The quantitative estimate of drug-likeness (QED) is 0.443. The first-order valence-corrected chi connectivity index (χ1v) is 13.5. The molecule has 2 aliphatic heterocycles. The van der Waals surface area contributed by atoms with Crippen LogP contribution in [0, 0.1) is 6.92 Å². The molecule has 3 aromatic rings. The Morgan fingerprint density at radius 1 is 1.24 bits per heavy atom. The molecule has 9 nitrogen and oxygen atoms in total. The van der Waals surface area contributed by atoms with E-state index in [1.165, 1.54) is 24.2 Å². The number of likely N-dealkylation sites (tertiary alicyclic amines) is 1. The normalized spacial score (nSPS) is 19.3. The van der Waals surface area contributed by atoms with Crippen LogP contribution in [0.5, 0.6) is 0 Å². The molecule has 3 N–H and O–H groups in total. The molecule has 10 heteroatoms. The molecule has 194 valence electrons. The van der Waals surface area contributed by atoms with Crippen LogP contribution >= 0.6 is 11.3 Å². The van der Waals surface area contributed by atoms with E-state index in [9.17, 15) is 9.59 Å². The van der Waals surface area contributed by atoms with Crippen LogP contribution in [0.4, 0.5) is 0 Å². The van der Waals surface area contributed by atoms with Crippen LogP contribution in [-0.2, 0) is 4.79 Å². The third kappa shape index (κ3) is 5.30. The number of fused-ring (bicyclic) bond motifs is 1. The molecule has 0 saturated carbocycles. The van der Waals surface area contributed by atoms with Gasteiger partial charge in [-0.25, -0.2) is 4.52 Å². The number of dihydropyridines is 1. The van der Waals surface area contributed by atoms with Gasteiger partial charge in [0.25, 0.3) is 11.8 Å². The maximum atomic E-state index is 13.2. The largest absolute Gasteiger partial charge is 0.382 e. The fourth-order valence-corrected chi connectivity index (χ4v) is 5.83. The summed E-state index contributed by atoms with van der Waals surface area (Å²) < 4.78 is 1.71. The summed E-state index contributed by atoms with van der Waals surface area (Å²) in [5.74, 6) is -0.422. The zero-order chi connectivity index (χ0) is 26.2. The maximum Gasteiger partial charge on any atom is 0.260 e. The average molecular weight is 520 g/mol. The number of pyridine rings is 1. The highest BCUT2D eigenvalue weighted by atomic mass is 32.1. The van der Waals surface area contributed by atoms with Gasteiger partial charge >= 0.3 is 0 Å². The van der Waals surface area contributed by atoms with E-state index in [1.54, 1.807) is 23.0 Å². The van der Waals surface area contributed by atoms with E-state index in [-0.39, 0.29) is 23.4 Å². The van der Waals surface area contributed by atoms with Gasteiger partial charge < -0.3 is 16.0 Å². The fraction of sp³-hybridized carbons (Fsp3) is 0.407. The molecule has 1 atom stereocenters. The Balaban J connectivity index is 1.25. The van der Waals surface area contributed by atoms with Crippen molar-refractivity contribution in [2.24, 2.45) is 0 Å². The number of carbonyl (C=O) groups is 2. The van der Waals surface area contributed by atoms with Crippen LogP contribution in [0.25, 0.3) is 15.3 Å². The summed E-state index contributed by atoms with van der Waals surface area (Å²) in [6.07, 6.45) is 11.1. The second kappa shape index (κ2) is 10.1. The zero-order valence-corrected chi connectivity index (χ0v) is 22.5. The van der Waals surface area contributed by atoms with E-state index in [1.807, 2.05) is 38.4 Å². The molecule has 0 bridgehead atoms. The molecule has 5 heterocycles. The Hall–Kier alpha value is -3.50. The van der Waals surface area contributed by atoms with E-state index < -0.39 is 0 Å². The fourth-order valence-electron chi connectivity index (χ4n) is 4.79. The standard InChI is InChI=1S/C27H33N7O2S/c1-17-6-7-19(13-29-17)23-16-34-26(37-23)21(15-31-34)25(36)32-22-12-20(14-30-18(22)2)24(35)28-9-11-33-10-5-8-27(33,3)4/h6-7,12-16,18,30H,5,8-11H2,1-4H3,(H,28,35)(H,32,36). The van der Waals surface area contributed by atoms with Crippen LogP contribution in [0.3, 0.4) is 0 Å². The monoisotopic (exact) mass is 519 g/mol. The summed E-state index contributed by atoms with van der Waals surface area (Å²) >= 11 is 1.49. The molecule has 2 aliphatic rings. The Labute approximate surface area is 220 Å². The van der Waals surface area contributed by atoms with E-state index in [4.69, 9.17) is 0 Å². The summed E-state index contributed by atoms with van der Waals surface area (Å²) in [5.41, 5.74) is 3.72. The van der Waals surface area contributed by atoms with Gasteiger partial charge in [-0.3, -0.25) is 19.5 Å². The number of hydrogen-bond acceptors (Lipinski definition) is 7. The molecular formula is C27H33N7O2S. The molecule has 0 radical (unpaired) electrons. The molecule has 0 aromatic carbocycles. The minimum absolute atomic E-state index is 0.144. The predicted octanol–water partition coefficient (Wildman–Crippen LogP) is 3.25. The number of nitrogens with one attached hydrogen (secondary N) is 3. The van der Waals surface area contributed by atoms with Crippen molar-refractivity contribution in [1.82, 2.24) is 35.4 Å². The van der Waals surface area contributed by atoms with Crippen molar-refractivity contribution < 1.29 is 9.59 Å². The molecule has 1 saturated heterocycles. The van der Waals surface area contributed by atoms with Gasteiger partial charge in [0.05, 0.1) is 28.3 Å². The van der Waals surface area contributed by atoms with E-state index >= 15 is 0 Å². The van der Waals surface area contributed by atoms with E-state index in [2.05, 4.69) is 44.8 Å². The van der Waals surface area contributed by atoms with Gasteiger partial charge in [0.15, 0.2) is 0 Å². The molecule has 3 aromatic heterocycles. The average Bonchev–Trinajstić information content (AvgIpc) is 3.55. The maximum absolute atomic E-state index is 13.2. The summed E-state index contributed by atoms with van der Waals surface area (Å²) in [7, 11) is 0. The SMILES string of the molecule is Cc1ccc(-c2cn3ncc(C(=O)NC4=CC(C(=O)NCCN5CCCC5(C)C)=CNC4C)c3s2)cn1. The van der Waals surface area contributed by atoms with Crippen LogP contribution in [0.15, 0.2) is 54.3 Å². The molecule has 0 aliphatic carbocycles. The van der Waals surface area contributed by atoms with Gasteiger partial charge in [-0.2, -0.15) is 5.10 Å². The molecule has 1 unspecified atom stereocenters. The molecule has 1 fully saturated rings. The highest BCUT2D eigenvalue weighted by molar-refractivity contribution is 7.21. The summed E-state index contributed by atoms with van der Waals surface area (Å²) in [5, 5.41) is 13.6. The van der Waals surface area contributed by atoms with Crippen LogP contribution < -0.4 is 16.0 Å².